The fourth-order valence-electron chi connectivity index (χ4n) is 7.76. The molecule has 382 valence electrons. The number of fused-ring (bicyclic) bond motifs is 2. The lowest BCUT2D eigenvalue weighted by Gasteiger charge is -2.22. The van der Waals surface area contributed by atoms with E-state index in [9.17, 15) is 25.9 Å². The smallest absolute Gasteiger partial charge is 0.372 e. The Bertz CT molecular complexity index is 3740. The van der Waals surface area contributed by atoms with Gasteiger partial charge in [-0.3, -0.25) is 9.11 Å². The molecule has 8 aromatic rings. The summed E-state index contributed by atoms with van der Waals surface area (Å²) in [5.41, 5.74) is 4.74. The van der Waals surface area contributed by atoms with E-state index in [-0.39, 0.29) is 33.4 Å². The number of hydrogen-bond acceptors (Lipinski definition) is 19. The molecule has 0 unspecified atom stereocenters. The van der Waals surface area contributed by atoms with Crippen molar-refractivity contribution in [3.8, 4) is 0 Å². The van der Waals surface area contributed by atoms with Crippen molar-refractivity contribution in [1.82, 2.24) is 15.0 Å². The minimum atomic E-state index is -4.69. The topological polar surface area (TPSA) is 279 Å². The quantitative estimate of drug-likeness (QED) is 0.0333. The third-order valence-corrected chi connectivity index (χ3v) is 14.0. The molecule has 7 aromatic carbocycles. The summed E-state index contributed by atoms with van der Waals surface area (Å²) in [5, 5.41) is 28.5. The number of nitrogens with zero attached hydrogens (tertiary/aromatic N) is 9. The molecule has 74 heavy (non-hydrogen) atoms. The largest absolute Gasteiger partial charge is 0.425 e. The van der Waals surface area contributed by atoms with Crippen LogP contribution in [0.5, 0.6) is 0 Å². The minimum absolute atomic E-state index is 0.0388. The van der Waals surface area contributed by atoms with E-state index in [0.29, 0.717) is 57.9 Å². The van der Waals surface area contributed by atoms with Gasteiger partial charge in [-0.25, -0.2) is 0 Å². The maximum absolute atomic E-state index is 12.6. The number of hydrogen-bond donors (Lipinski definition) is 4. The van der Waals surface area contributed by atoms with Gasteiger partial charge in [0.2, 0.25) is 11.9 Å². The van der Waals surface area contributed by atoms with Crippen LogP contribution in [0.15, 0.2) is 175 Å². The van der Waals surface area contributed by atoms with Crippen molar-refractivity contribution in [3.63, 3.8) is 0 Å². The Hall–Kier alpha value is -7.74. The van der Waals surface area contributed by atoms with Crippen LogP contribution in [0.25, 0.3) is 21.5 Å². The average Bonchev–Trinajstić information content (AvgIpc) is 3.37. The van der Waals surface area contributed by atoms with E-state index in [4.69, 9.17) is 37.8 Å². The number of rotatable bonds is 19. The Kier molecular flexibility index (Phi) is 17.8. The third kappa shape index (κ3) is 13.9. The predicted molar refractivity (Wildman–Crippen MR) is 288 cm³/mol. The molecule has 4 N–H and O–H groups in total. The van der Waals surface area contributed by atoms with Gasteiger partial charge in [-0.1, -0.05) is 90.6 Å². The highest BCUT2D eigenvalue weighted by Gasteiger charge is 2.20. The Labute approximate surface area is 433 Å². The molecule has 0 atom stereocenters. The van der Waals surface area contributed by atoms with E-state index in [0.717, 1.165) is 35.2 Å². The van der Waals surface area contributed by atoms with E-state index < -0.39 is 35.7 Å². The molecule has 0 saturated heterocycles. The second kappa shape index (κ2) is 24.3. The molecule has 1 aromatic heterocycles. The fourth-order valence-corrected chi connectivity index (χ4v) is 9.73. The van der Waals surface area contributed by atoms with Crippen molar-refractivity contribution in [2.45, 2.75) is 48.4 Å². The molecule has 0 spiro atoms. The molecule has 24 heteroatoms. The molecule has 8 rings (SSSR count). The molecule has 0 radical (unpaired) electrons. The van der Waals surface area contributed by atoms with Crippen molar-refractivity contribution < 1.29 is 38.6 Å². The monoisotopic (exact) mass is 1080 g/mol. The van der Waals surface area contributed by atoms with Crippen LogP contribution >= 0.6 is 11.8 Å². The van der Waals surface area contributed by atoms with Crippen LogP contribution in [0.3, 0.4) is 0 Å². The maximum atomic E-state index is 12.6. The lowest BCUT2D eigenvalue weighted by atomic mass is 10.1. The number of anilines is 6. The van der Waals surface area contributed by atoms with E-state index >= 15 is 0 Å². The minimum Gasteiger partial charge on any atom is -0.372 e. The zero-order chi connectivity index (χ0) is 53.0. The first-order valence-corrected chi connectivity index (χ1v) is 27.7. The van der Waals surface area contributed by atoms with Crippen LogP contribution in [0, 0.1) is 0 Å². The van der Waals surface area contributed by atoms with E-state index in [1.54, 1.807) is 42.5 Å². The molecule has 0 aliphatic heterocycles. The van der Waals surface area contributed by atoms with Crippen molar-refractivity contribution >= 4 is 122 Å². The van der Waals surface area contributed by atoms with Crippen LogP contribution in [0.1, 0.15) is 33.3 Å². The van der Waals surface area contributed by atoms with Gasteiger partial charge in [-0.2, -0.15) is 31.8 Å². The lowest BCUT2D eigenvalue weighted by Crippen LogP contribution is -2.21. The van der Waals surface area contributed by atoms with Gasteiger partial charge in [0.25, 0.3) is 20.2 Å². The zero-order valence-electron chi connectivity index (χ0n) is 40.2. The Morgan fingerprint density at radius 3 is 1.59 bits per heavy atom. The lowest BCUT2D eigenvalue weighted by molar-refractivity contribution is 0.481. The SMILES string of the molecule is CCN(CC)c1ccc(N=Nc2cccc3ccccc23)c(Nc2nc(Nc3cc(N(CC)CC)ccc3N=Nc3c(S(=O)(=O)O)ccc4ccccc34)nc(SCc3cccc(S(=O)(=O)O)c3)n2)c1.O=S(=O)=O. The first kappa shape index (κ1) is 54.0. The summed E-state index contributed by atoms with van der Waals surface area (Å²) < 4.78 is 94.6. The van der Waals surface area contributed by atoms with Crippen LogP contribution in [0.2, 0.25) is 0 Å². The van der Waals surface area contributed by atoms with Gasteiger partial charge in [0.05, 0.1) is 22.0 Å². The van der Waals surface area contributed by atoms with Gasteiger partial charge in [0.1, 0.15) is 22.0 Å². The summed E-state index contributed by atoms with van der Waals surface area (Å²) >= 11 is 1.20. The summed E-state index contributed by atoms with van der Waals surface area (Å²) in [6, 6.07) is 41.0. The third-order valence-electron chi connectivity index (χ3n) is 11.3. The molecule has 0 aliphatic rings. The first-order valence-electron chi connectivity index (χ1n) is 22.8. The van der Waals surface area contributed by atoms with Gasteiger partial charge in [-0.05, 0) is 105 Å². The molecule has 0 aliphatic carbocycles. The highest BCUT2D eigenvalue weighted by Crippen LogP contribution is 2.39. The number of nitrogens with one attached hydrogen (secondary N) is 2. The van der Waals surface area contributed by atoms with Gasteiger partial charge >= 0.3 is 10.6 Å². The van der Waals surface area contributed by atoms with E-state index in [1.807, 2.05) is 92.7 Å². The fraction of sp³-hybridized carbons (Fsp3) is 0.180. The van der Waals surface area contributed by atoms with Crippen molar-refractivity contribution in [2.24, 2.45) is 20.5 Å². The van der Waals surface area contributed by atoms with Crippen molar-refractivity contribution in [3.05, 3.63) is 145 Å². The molecule has 0 fully saturated rings. The van der Waals surface area contributed by atoms with Crippen LogP contribution < -0.4 is 20.4 Å². The van der Waals surface area contributed by atoms with Gasteiger partial charge < -0.3 is 20.4 Å². The normalized spacial score (nSPS) is 11.7. The van der Waals surface area contributed by atoms with Crippen LogP contribution in [-0.2, 0) is 36.6 Å². The Balaban J connectivity index is 0.00000193. The summed E-state index contributed by atoms with van der Waals surface area (Å²) in [7, 11) is -12.3. The second-order valence-electron chi connectivity index (χ2n) is 15.9. The Morgan fingerprint density at radius 1 is 0.541 bits per heavy atom. The Morgan fingerprint density at radius 2 is 1.04 bits per heavy atom. The zero-order valence-corrected chi connectivity index (χ0v) is 43.5. The molecule has 0 saturated carbocycles. The standard InChI is InChI=1S/C50H49N11O6S3.O3S/c1-5-60(6-2)36-24-26-42(57-56-41-22-14-18-34-16-9-11-20-39(34)41)44(30-36)51-48-53-49(55-50(54-48)68-32-33-15-13-19-38(29-33)69(62,63)64)52-45-31-37(61(7-3)8-4)25-27-43(45)58-59-47-40-21-12-10-17-35(40)23-28-46(47)70(65,66)67;1-4(2)3/h9-31H,5-8,32H2,1-4H3,(H,62,63,64)(H,65,66,67)(H2,51,52,53,54,55);. The van der Waals surface area contributed by atoms with Crippen LogP contribution in [0.4, 0.5) is 57.4 Å². The van der Waals surface area contributed by atoms with Gasteiger partial charge in [0.15, 0.2) is 5.16 Å². The van der Waals surface area contributed by atoms with Crippen LogP contribution in [-0.4, -0.2) is 79.7 Å². The van der Waals surface area contributed by atoms with E-state index in [2.05, 4.69) is 44.5 Å². The second-order valence-corrected chi connectivity index (χ2v) is 20.0. The molecular formula is C50H49N11O9S4. The molecule has 20 nitrogen and oxygen atoms in total. The summed E-state index contributed by atoms with van der Waals surface area (Å²) in [6.45, 7) is 11.1. The summed E-state index contributed by atoms with van der Waals surface area (Å²) in [4.78, 5) is 18.1. The number of azo groups is 2. The predicted octanol–water partition coefficient (Wildman–Crippen LogP) is 12.0. The molecular weight excluding hydrogens is 1030 g/mol. The molecule has 0 bridgehead atoms. The van der Waals surface area contributed by atoms with E-state index in [1.165, 1.54) is 30.0 Å². The van der Waals surface area contributed by atoms with Crippen molar-refractivity contribution in [1.29, 1.82) is 0 Å². The maximum Gasteiger partial charge on any atom is 0.425 e. The molecule has 0 amide bonds. The number of thioether (sulfide) groups is 1. The molecule has 1 heterocycles. The summed E-state index contributed by atoms with van der Waals surface area (Å²) in [6.07, 6.45) is 0. The number of aromatic nitrogens is 3. The highest BCUT2D eigenvalue weighted by atomic mass is 32.2. The number of benzene rings is 7. The average molecular weight is 1080 g/mol. The van der Waals surface area contributed by atoms with Gasteiger partial charge in [0, 0.05) is 54.1 Å². The highest BCUT2D eigenvalue weighted by molar-refractivity contribution is 7.98. The van der Waals surface area contributed by atoms with Crippen molar-refractivity contribution in [2.75, 3.05) is 46.6 Å². The van der Waals surface area contributed by atoms with Gasteiger partial charge in [-0.15, -0.1) is 33.1 Å². The summed E-state index contributed by atoms with van der Waals surface area (Å²) in [5.74, 6) is 0.427. The first-order chi connectivity index (χ1) is 35.5.